The maximum Gasteiger partial charge on any atom is 0.243 e. The number of hydrogen-bond donors (Lipinski definition) is 0. The minimum absolute atomic E-state index is 0.00750. The fourth-order valence-corrected chi connectivity index (χ4v) is 4.72. The molecule has 26 heavy (non-hydrogen) atoms. The van der Waals surface area contributed by atoms with Crippen molar-refractivity contribution in [3.8, 4) is 0 Å². The molecule has 0 bridgehead atoms. The van der Waals surface area contributed by atoms with Gasteiger partial charge in [0.15, 0.2) is 0 Å². The molecule has 1 aliphatic rings. The van der Waals surface area contributed by atoms with E-state index in [0.29, 0.717) is 31.1 Å². The van der Waals surface area contributed by atoms with Gasteiger partial charge in [-0.3, -0.25) is 4.79 Å². The summed E-state index contributed by atoms with van der Waals surface area (Å²) in [6.45, 7) is 12.0. The lowest BCUT2D eigenvalue weighted by atomic mass is 9.87. The second-order valence-electron chi connectivity index (χ2n) is 8.19. The van der Waals surface area contributed by atoms with Crippen LogP contribution in [0.4, 0.5) is 0 Å². The zero-order valence-corrected chi connectivity index (χ0v) is 17.5. The molecule has 1 aliphatic heterocycles. The van der Waals surface area contributed by atoms with Crippen LogP contribution in [0.2, 0.25) is 0 Å². The molecule has 146 valence electrons. The Morgan fingerprint density at radius 3 is 2.08 bits per heavy atom. The van der Waals surface area contributed by atoms with E-state index >= 15 is 0 Å². The molecule has 1 atom stereocenters. The highest BCUT2D eigenvalue weighted by Crippen LogP contribution is 2.25. The number of sulfonamides is 1. The Morgan fingerprint density at radius 1 is 1.08 bits per heavy atom. The summed E-state index contributed by atoms with van der Waals surface area (Å²) in [5, 5.41) is 0. The average molecular weight is 381 g/mol. The lowest BCUT2D eigenvalue weighted by Gasteiger charge is -2.35. The number of carbonyl (C=O) groups excluding carboxylic acids is 1. The highest BCUT2D eigenvalue weighted by molar-refractivity contribution is 7.89. The van der Waals surface area contributed by atoms with E-state index in [2.05, 4.69) is 27.7 Å². The minimum atomic E-state index is -3.51. The molecule has 1 aromatic rings. The third-order valence-corrected chi connectivity index (χ3v) is 6.96. The minimum Gasteiger partial charge on any atom is -0.340 e. The molecule has 1 amide bonds. The zero-order chi connectivity index (χ0) is 19.5. The SMILES string of the molecule is CCCC(C)C(=O)N1CCN(S(=O)(=O)c2ccc(C(C)(C)C)cc2)CC1. The van der Waals surface area contributed by atoms with Crippen LogP contribution < -0.4 is 0 Å². The summed E-state index contributed by atoms with van der Waals surface area (Å²) >= 11 is 0. The summed E-state index contributed by atoms with van der Waals surface area (Å²) in [6, 6.07) is 7.16. The molecule has 2 rings (SSSR count). The molecule has 1 unspecified atom stereocenters. The monoisotopic (exact) mass is 380 g/mol. The summed E-state index contributed by atoms with van der Waals surface area (Å²) in [7, 11) is -3.51. The lowest BCUT2D eigenvalue weighted by Crippen LogP contribution is -2.51. The fraction of sp³-hybridized carbons (Fsp3) is 0.650. The Bertz CT molecular complexity index is 712. The first-order valence-electron chi connectivity index (χ1n) is 9.47. The van der Waals surface area contributed by atoms with Crippen molar-refractivity contribution in [3.05, 3.63) is 29.8 Å². The highest BCUT2D eigenvalue weighted by atomic mass is 32.2. The van der Waals surface area contributed by atoms with E-state index in [-0.39, 0.29) is 17.2 Å². The van der Waals surface area contributed by atoms with Crippen molar-refractivity contribution >= 4 is 15.9 Å². The van der Waals surface area contributed by atoms with Crippen LogP contribution in [0.3, 0.4) is 0 Å². The quantitative estimate of drug-likeness (QED) is 0.788. The van der Waals surface area contributed by atoms with Gasteiger partial charge in [0.25, 0.3) is 0 Å². The molecule has 0 radical (unpaired) electrons. The van der Waals surface area contributed by atoms with Crippen LogP contribution in [0.15, 0.2) is 29.2 Å². The van der Waals surface area contributed by atoms with E-state index in [0.717, 1.165) is 18.4 Å². The molecule has 1 heterocycles. The third-order valence-electron chi connectivity index (χ3n) is 5.05. The van der Waals surface area contributed by atoms with Crippen molar-refractivity contribution in [1.82, 2.24) is 9.21 Å². The Balaban J connectivity index is 2.05. The van der Waals surface area contributed by atoms with E-state index in [9.17, 15) is 13.2 Å². The summed E-state index contributed by atoms with van der Waals surface area (Å²) < 4.78 is 27.3. The second kappa shape index (κ2) is 8.09. The average Bonchev–Trinajstić information content (AvgIpc) is 2.60. The molecule has 0 saturated carbocycles. The molecule has 0 aromatic heterocycles. The van der Waals surface area contributed by atoms with E-state index in [1.807, 2.05) is 19.1 Å². The summed E-state index contributed by atoms with van der Waals surface area (Å²) in [4.78, 5) is 14.5. The first kappa shape index (κ1) is 20.9. The Kier molecular flexibility index (Phi) is 6.51. The van der Waals surface area contributed by atoms with Gasteiger partial charge in [-0.25, -0.2) is 8.42 Å². The predicted molar refractivity (Wildman–Crippen MR) is 105 cm³/mol. The Morgan fingerprint density at radius 2 is 1.62 bits per heavy atom. The summed E-state index contributed by atoms with van der Waals surface area (Å²) in [5.41, 5.74) is 1.10. The van der Waals surface area contributed by atoms with Crippen LogP contribution in [-0.2, 0) is 20.2 Å². The van der Waals surface area contributed by atoms with Crippen molar-refractivity contribution in [2.24, 2.45) is 5.92 Å². The van der Waals surface area contributed by atoms with E-state index < -0.39 is 10.0 Å². The highest BCUT2D eigenvalue weighted by Gasteiger charge is 2.31. The first-order valence-corrected chi connectivity index (χ1v) is 10.9. The van der Waals surface area contributed by atoms with Gasteiger partial charge in [-0.05, 0) is 29.5 Å². The normalized spacial score (nSPS) is 18.0. The van der Waals surface area contributed by atoms with Crippen LogP contribution in [0, 0.1) is 5.92 Å². The van der Waals surface area contributed by atoms with E-state index in [4.69, 9.17) is 0 Å². The Labute approximate surface area is 158 Å². The Hall–Kier alpha value is -1.40. The van der Waals surface area contributed by atoms with Crippen molar-refractivity contribution in [2.75, 3.05) is 26.2 Å². The van der Waals surface area contributed by atoms with Crippen LogP contribution in [-0.4, -0.2) is 49.7 Å². The first-order chi connectivity index (χ1) is 12.1. The van der Waals surface area contributed by atoms with Crippen molar-refractivity contribution in [1.29, 1.82) is 0 Å². The number of benzene rings is 1. The van der Waals surface area contributed by atoms with Gasteiger partial charge in [0, 0.05) is 32.1 Å². The van der Waals surface area contributed by atoms with Crippen LogP contribution in [0.5, 0.6) is 0 Å². The molecule has 1 aromatic carbocycles. The molecule has 1 saturated heterocycles. The number of hydrogen-bond acceptors (Lipinski definition) is 3. The number of amides is 1. The fourth-order valence-electron chi connectivity index (χ4n) is 3.29. The van der Waals surface area contributed by atoms with Gasteiger partial charge in [0.1, 0.15) is 0 Å². The van der Waals surface area contributed by atoms with Gasteiger partial charge < -0.3 is 4.90 Å². The molecule has 0 spiro atoms. The number of rotatable bonds is 5. The number of piperazine rings is 1. The lowest BCUT2D eigenvalue weighted by molar-refractivity contribution is -0.136. The van der Waals surface area contributed by atoms with Gasteiger partial charge in [-0.1, -0.05) is 53.2 Å². The van der Waals surface area contributed by atoms with E-state index in [1.54, 1.807) is 17.0 Å². The molecule has 0 aliphatic carbocycles. The number of nitrogens with zero attached hydrogens (tertiary/aromatic N) is 2. The third kappa shape index (κ3) is 4.65. The standard InChI is InChI=1S/C20H32N2O3S/c1-6-7-16(2)19(23)21-12-14-22(15-13-21)26(24,25)18-10-8-17(9-11-18)20(3,4)5/h8-11,16H,6-7,12-15H2,1-5H3. The second-order valence-corrected chi connectivity index (χ2v) is 10.1. The summed E-state index contributed by atoms with van der Waals surface area (Å²) in [5.74, 6) is 0.145. The molecular formula is C20H32N2O3S. The van der Waals surface area contributed by atoms with Crippen LogP contribution >= 0.6 is 0 Å². The van der Waals surface area contributed by atoms with Gasteiger partial charge in [0.2, 0.25) is 15.9 Å². The van der Waals surface area contributed by atoms with Crippen LogP contribution in [0.1, 0.15) is 53.0 Å². The molecule has 6 heteroatoms. The predicted octanol–water partition coefficient (Wildman–Crippen LogP) is 3.25. The van der Waals surface area contributed by atoms with Crippen LogP contribution in [0.25, 0.3) is 0 Å². The smallest absolute Gasteiger partial charge is 0.243 e. The van der Waals surface area contributed by atoms with Gasteiger partial charge in [-0.2, -0.15) is 4.31 Å². The summed E-state index contributed by atoms with van der Waals surface area (Å²) in [6.07, 6.45) is 1.85. The van der Waals surface area contributed by atoms with Crippen molar-refractivity contribution in [2.45, 2.75) is 57.8 Å². The molecule has 5 nitrogen and oxygen atoms in total. The maximum atomic E-state index is 12.9. The molecule has 0 N–H and O–H groups in total. The molecule has 1 fully saturated rings. The van der Waals surface area contributed by atoms with Gasteiger partial charge in [0.05, 0.1) is 4.90 Å². The molecular weight excluding hydrogens is 348 g/mol. The van der Waals surface area contributed by atoms with Gasteiger partial charge in [-0.15, -0.1) is 0 Å². The topological polar surface area (TPSA) is 57.7 Å². The zero-order valence-electron chi connectivity index (χ0n) is 16.7. The van der Waals surface area contributed by atoms with Crippen molar-refractivity contribution in [3.63, 3.8) is 0 Å². The number of carbonyl (C=O) groups is 1. The largest absolute Gasteiger partial charge is 0.340 e. The van der Waals surface area contributed by atoms with E-state index in [1.165, 1.54) is 4.31 Å². The maximum absolute atomic E-state index is 12.9. The van der Waals surface area contributed by atoms with Gasteiger partial charge >= 0.3 is 0 Å². The van der Waals surface area contributed by atoms with Crippen molar-refractivity contribution < 1.29 is 13.2 Å².